The van der Waals surface area contributed by atoms with Gasteiger partial charge in [0.1, 0.15) is 5.00 Å². The highest BCUT2D eigenvalue weighted by atomic mass is 32.1. The van der Waals surface area contributed by atoms with Gasteiger partial charge in [0.2, 0.25) is 0 Å². The number of rotatable bonds is 6. The van der Waals surface area contributed by atoms with Crippen LogP contribution >= 0.6 is 11.3 Å². The Morgan fingerprint density at radius 1 is 1.19 bits per heavy atom. The fourth-order valence-electron chi connectivity index (χ4n) is 3.21. The predicted octanol–water partition coefficient (Wildman–Crippen LogP) is 3.85. The molecule has 6 heteroatoms. The molecule has 1 aliphatic rings. The van der Waals surface area contributed by atoms with Crippen molar-refractivity contribution in [1.82, 2.24) is 10.6 Å². The summed E-state index contributed by atoms with van der Waals surface area (Å²) in [6.45, 7) is 6.90. The van der Waals surface area contributed by atoms with E-state index in [1.54, 1.807) is 6.07 Å². The van der Waals surface area contributed by atoms with Crippen LogP contribution in [0.1, 0.15) is 58.9 Å². The van der Waals surface area contributed by atoms with Crippen LogP contribution in [0.5, 0.6) is 0 Å². The zero-order chi connectivity index (χ0) is 19.2. The third-order valence-corrected chi connectivity index (χ3v) is 5.76. The molecule has 1 fully saturated rings. The summed E-state index contributed by atoms with van der Waals surface area (Å²) < 4.78 is 0. The number of nitrogens with one attached hydrogen (secondary N) is 3. The minimum Gasteiger partial charge on any atom is -0.352 e. The second-order valence-corrected chi connectivity index (χ2v) is 8.23. The molecule has 1 aromatic heterocycles. The number of hydrogen-bond acceptors (Lipinski definition) is 4. The first-order chi connectivity index (χ1) is 13.0. The molecule has 27 heavy (non-hydrogen) atoms. The average molecular weight is 386 g/mol. The van der Waals surface area contributed by atoms with Gasteiger partial charge >= 0.3 is 0 Å². The van der Waals surface area contributed by atoms with E-state index in [1.807, 2.05) is 29.6 Å². The maximum absolute atomic E-state index is 12.5. The fraction of sp³-hybridized carbons (Fsp3) is 0.429. The van der Waals surface area contributed by atoms with Gasteiger partial charge in [-0.1, -0.05) is 26.0 Å². The van der Waals surface area contributed by atoms with Crippen molar-refractivity contribution in [3.63, 3.8) is 0 Å². The number of hydrogen-bond donors (Lipinski definition) is 3. The van der Waals surface area contributed by atoms with Gasteiger partial charge in [-0.3, -0.25) is 9.59 Å². The molecule has 3 N–H and O–H groups in total. The van der Waals surface area contributed by atoms with Gasteiger partial charge in [0.15, 0.2) is 0 Å². The zero-order valence-electron chi connectivity index (χ0n) is 15.9. The number of piperidine rings is 1. The largest absolute Gasteiger partial charge is 0.352 e. The number of thiophene rings is 1. The molecule has 3 rings (SSSR count). The summed E-state index contributed by atoms with van der Waals surface area (Å²) in [6.07, 6.45) is 2.28. The molecule has 2 amide bonds. The monoisotopic (exact) mass is 385 g/mol. The van der Waals surface area contributed by atoms with Crippen LogP contribution < -0.4 is 16.0 Å². The lowest BCUT2D eigenvalue weighted by Crippen LogP contribution is -2.38. The summed E-state index contributed by atoms with van der Waals surface area (Å²) >= 11 is 1.37. The Morgan fingerprint density at radius 3 is 2.63 bits per heavy atom. The summed E-state index contributed by atoms with van der Waals surface area (Å²) in [5.41, 5.74) is 2.31. The van der Waals surface area contributed by atoms with E-state index in [0.717, 1.165) is 25.9 Å². The molecule has 2 aromatic rings. The summed E-state index contributed by atoms with van der Waals surface area (Å²) in [7, 11) is 0. The quantitative estimate of drug-likeness (QED) is 0.707. The van der Waals surface area contributed by atoms with Crippen molar-refractivity contribution in [3.8, 4) is 0 Å². The molecule has 1 aromatic carbocycles. The third-order valence-electron chi connectivity index (χ3n) is 4.93. The smallest absolute Gasteiger partial charge is 0.256 e. The van der Waals surface area contributed by atoms with Gasteiger partial charge in [0.25, 0.3) is 11.8 Å². The molecule has 144 valence electrons. The second-order valence-electron chi connectivity index (χ2n) is 7.32. The van der Waals surface area contributed by atoms with Crippen molar-refractivity contribution in [3.05, 3.63) is 52.4 Å². The lowest BCUT2D eigenvalue weighted by atomic mass is 10.00. The molecule has 0 bridgehead atoms. The van der Waals surface area contributed by atoms with Crippen LogP contribution in [0.15, 0.2) is 35.7 Å². The van der Waals surface area contributed by atoms with Crippen LogP contribution in [-0.4, -0.2) is 31.4 Å². The van der Waals surface area contributed by atoms with Crippen LogP contribution in [0.3, 0.4) is 0 Å². The van der Waals surface area contributed by atoms with Crippen molar-refractivity contribution in [2.24, 2.45) is 5.92 Å². The van der Waals surface area contributed by atoms with Crippen molar-refractivity contribution >= 4 is 28.2 Å². The summed E-state index contributed by atoms with van der Waals surface area (Å²) in [5.74, 6) is 0.568. The van der Waals surface area contributed by atoms with E-state index >= 15 is 0 Å². The Hall–Kier alpha value is -2.18. The molecule has 5 nitrogen and oxygen atoms in total. The first-order valence-electron chi connectivity index (χ1n) is 9.52. The number of amides is 2. The third kappa shape index (κ3) is 5.17. The Morgan fingerprint density at radius 2 is 1.96 bits per heavy atom. The molecule has 1 unspecified atom stereocenters. The minimum atomic E-state index is -0.196. The summed E-state index contributed by atoms with van der Waals surface area (Å²) in [5, 5.41) is 11.7. The molecule has 1 atom stereocenters. The summed E-state index contributed by atoms with van der Waals surface area (Å²) in [4.78, 5) is 25.1. The summed E-state index contributed by atoms with van der Waals surface area (Å²) in [6, 6.07) is 9.36. The molecule has 0 saturated carbocycles. The van der Waals surface area contributed by atoms with E-state index < -0.39 is 0 Å². The molecule has 0 aliphatic carbocycles. The van der Waals surface area contributed by atoms with Crippen molar-refractivity contribution in [1.29, 1.82) is 0 Å². The average Bonchev–Trinajstić information content (AvgIpc) is 3.15. The van der Waals surface area contributed by atoms with Crippen molar-refractivity contribution < 1.29 is 9.59 Å². The van der Waals surface area contributed by atoms with E-state index in [1.165, 1.54) is 16.9 Å². The van der Waals surface area contributed by atoms with Crippen LogP contribution in [-0.2, 0) is 0 Å². The van der Waals surface area contributed by atoms with E-state index in [-0.39, 0.29) is 11.8 Å². The van der Waals surface area contributed by atoms with E-state index in [2.05, 4.69) is 29.8 Å². The molecule has 1 aliphatic heterocycles. The van der Waals surface area contributed by atoms with Gasteiger partial charge < -0.3 is 16.0 Å². The highest BCUT2D eigenvalue weighted by Gasteiger charge is 2.18. The van der Waals surface area contributed by atoms with E-state index in [4.69, 9.17) is 0 Å². The van der Waals surface area contributed by atoms with E-state index in [0.29, 0.717) is 34.5 Å². The molecule has 1 saturated heterocycles. The zero-order valence-corrected chi connectivity index (χ0v) is 16.7. The second kappa shape index (κ2) is 9.15. The lowest BCUT2D eigenvalue weighted by molar-refractivity contribution is 0.0946. The van der Waals surface area contributed by atoms with Gasteiger partial charge in [-0.05, 0) is 66.9 Å². The molecular weight excluding hydrogens is 358 g/mol. The molecule has 0 spiro atoms. The van der Waals surface area contributed by atoms with Crippen molar-refractivity contribution in [2.75, 3.05) is 25.0 Å². The SMILES string of the molecule is CC(C)c1ccc(C(=O)Nc2sccc2C(=O)NCC2CCCNC2)cc1. The Bertz CT molecular complexity index is 777. The molecular formula is C21H27N3O2S. The van der Waals surface area contributed by atoms with Gasteiger partial charge in [0.05, 0.1) is 5.56 Å². The van der Waals surface area contributed by atoms with Gasteiger partial charge in [-0.25, -0.2) is 0 Å². The Balaban J connectivity index is 1.60. The Labute approximate surface area is 164 Å². The number of carbonyl (C=O) groups is 2. The van der Waals surface area contributed by atoms with Gasteiger partial charge in [0, 0.05) is 12.1 Å². The Kier molecular flexibility index (Phi) is 6.63. The van der Waals surface area contributed by atoms with Crippen LogP contribution in [0.4, 0.5) is 5.00 Å². The maximum atomic E-state index is 12.5. The van der Waals surface area contributed by atoms with Crippen LogP contribution in [0, 0.1) is 5.92 Å². The topological polar surface area (TPSA) is 70.2 Å². The maximum Gasteiger partial charge on any atom is 0.256 e. The van der Waals surface area contributed by atoms with Crippen LogP contribution in [0.2, 0.25) is 0 Å². The molecule has 2 heterocycles. The first-order valence-corrected chi connectivity index (χ1v) is 10.4. The minimum absolute atomic E-state index is 0.132. The van der Waals surface area contributed by atoms with Gasteiger partial charge in [-0.2, -0.15) is 0 Å². The normalized spacial score (nSPS) is 16.9. The highest BCUT2D eigenvalue weighted by molar-refractivity contribution is 7.14. The molecule has 0 radical (unpaired) electrons. The fourth-order valence-corrected chi connectivity index (χ4v) is 3.99. The number of anilines is 1. The predicted molar refractivity (Wildman–Crippen MR) is 111 cm³/mol. The lowest BCUT2D eigenvalue weighted by Gasteiger charge is -2.22. The van der Waals surface area contributed by atoms with Crippen molar-refractivity contribution in [2.45, 2.75) is 32.6 Å². The van der Waals surface area contributed by atoms with E-state index in [9.17, 15) is 9.59 Å². The highest BCUT2D eigenvalue weighted by Crippen LogP contribution is 2.24. The standard InChI is InChI=1S/C21H27N3O2S/c1-14(2)16-5-7-17(8-6-16)19(25)24-21-18(9-11-27-21)20(26)23-13-15-4-3-10-22-12-15/h5-9,11,14-15,22H,3-4,10,12-13H2,1-2H3,(H,23,26)(H,24,25). The van der Waals surface area contributed by atoms with Gasteiger partial charge in [-0.15, -0.1) is 11.3 Å². The number of benzene rings is 1. The van der Waals surface area contributed by atoms with Crippen LogP contribution in [0.25, 0.3) is 0 Å². The number of carbonyl (C=O) groups excluding carboxylic acids is 2. The first kappa shape index (κ1) is 19.6.